The van der Waals surface area contributed by atoms with Crippen molar-refractivity contribution in [3.8, 4) is 5.75 Å². The SMILES string of the molecule is CNC(c1sc(C)cc1Br)c1c(F)cccc1OC. The van der Waals surface area contributed by atoms with Crippen LogP contribution < -0.4 is 10.1 Å². The Morgan fingerprint density at radius 2 is 2.16 bits per heavy atom. The van der Waals surface area contributed by atoms with Gasteiger partial charge in [0.15, 0.2) is 0 Å². The predicted molar refractivity (Wildman–Crippen MR) is 80.6 cm³/mol. The van der Waals surface area contributed by atoms with Crippen LogP contribution in [0.5, 0.6) is 5.75 Å². The molecule has 0 radical (unpaired) electrons. The van der Waals surface area contributed by atoms with Gasteiger partial charge < -0.3 is 10.1 Å². The van der Waals surface area contributed by atoms with E-state index in [4.69, 9.17) is 4.74 Å². The number of methoxy groups -OCH3 is 1. The normalized spacial score (nSPS) is 12.5. The summed E-state index contributed by atoms with van der Waals surface area (Å²) in [5.74, 6) is 0.286. The molecule has 0 amide bonds. The monoisotopic (exact) mass is 343 g/mol. The first-order chi connectivity index (χ1) is 9.08. The minimum absolute atomic E-state index is 0.232. The number of halogens is 2. The van der Waals surface area contributed by atoms with Gasteiger partial charge in [0.1, 0.15) is 11.6 Å². The number of nitrogens with one attached hydrogen (secondary N) is 1. The summed E-state index contributed by atoms with van der Waals surface area (Å²) in [6, 6.07) is 6.69. The van der Waals surface area contributed by atoms with Crippen LogP contribution in [0.4, 0.5) is 4.39 Å². The van der Waals surface area contributed by atoms with Crippen LogP contribution >= 0.6 is 27.3 Å². The Morgan fingerprint density at radius 1 is 1.42 bits per heavy atom. The van der Waals surface area contributed by atoms with E-state index in [1.54, 1.807) is 30.6 Å². The summed E-state index contributed by atoms with van der Waals surface area (Å²) in [6.45, 7) is 2.03. The van der Waals surface area contributed by atoms with Crippen LogP contribution in [-0.2, 0) is 0 Å². The van der Waals surface area contributed by atoms with E-state index in [2.05, 4.69) is 21.2 Å². The van der Waals surface area contributed by atoms with Gasteiger partial charge in [-0.1, -0.05) is 6.07 Å². The highest BCUT2D eigenvalue weighted by molar-refractivity contribution is 9.10. The fraction of sp³-hybridized carbons (Fsp3) is 0.286. The third-order valence-electron chi connectivity index (χ3n) is 2.91. The zero-order chi connectivity index (χ0) is 14.0. The Bertz CT molecular complexity index is 585. The maximum Gasteiger partial charge on any atom is 0.132 e. The Labute approximate surface area is 124 Å². The largest absolute Gasteiger partial charge is 0.496 e. The number of benzene rings is 1. The molecule has 102 valence electrons. The van der Waals surface area contributed by atoms with Crippen molar-refractivity contribution in [3.05, 3.63) is 49.9 Å². The lowest BCUT2D eigenvalue weighted by atomic mass is 10.0. The Kier molecular flexibility index (Phi) is 4.60. The first kappa shape index (κ1) is 14.5. The van der Waals surface area contributed by atoms with Crippen LogP contribution in [0.1, 0.15) is 21.4 Å². The second-order valence-electron chi connectivity index (χ2n) is 4.15. The molecule has 0 bridgehead atoms. The Hall–Kier alpha value is -0.910. The van der Waals surface area contributed by atoms with Crippen LogP contribution in [0.15, 0.2) is 28.7 Å². The van der Waals surface area contributed by atoms with Crippen molar-refractivity contribution < 1.29 is 9.13 Å². The van der Waals surface area contributed by atoms with E-state index in [9.17, 15) is 4.39 Å². The molecule has 0 aliphatic heterocycles. The second-order valence-corrected chi connectivity index (χ2v) is 6.29. The zero-order valence-electron chi connectivity index (χ0n) is 11.0. The number of aryl methyl sites for hydroxylation is 1. The summed E-state index contributed by atoms with van der Waals surface area (Å²) in [4.78, 5) is 2.22. The zero-order valence-corrected chi connectivity index (χ0v) is 13.4. The second kappa shape index (κ2) is 6.03. The van der Waals surface area contributed by atoms with Gasteiger partial charge in [-0.3, -0.25) is 0 Å². The topological polar surface area (TPSA) is 21.3 Å². The molecule has 2 rings (SSSR count). The summed E-state index contributed by atoms with van der Waals surface area (Å²) in [5, 5.41) is 3.16. The lowest BCUT2D eigenvalue weighted by Gasteiger charge is -2.19. The molecule has 1 heterocycles. The average molecular weight is 344 g/mol. The molecule has 1 aromatic heterocycles. The van der Waals surface area contributed by atoms with Gasteiger partial charge >= 0.3 is 0 Å². The lowest BCUT2D eigenvalue weighted by Crippen LogP contribution is -2.19. The first-order valence-corrected chi connectivity index (χ1v) is 7.45. The summed E-state index contributed by atoms with van der Waals surface area (Å²) in [5.41, 5.74) is 0.537. The van der Waals surface area contributed by atoms with Gasteiger partial charge in [-0.25, -0.2) is 4.39 Å². The van der Waals surface area contributed by atoms with Crippen LogP contribution in [0, 0.1) is 12.7 Å². The van der Waals surface area contributed by atoms with Crippen LogP contribution in [0.2, 0.25) is 0 Å². The quantitative estimate of drug-likeness (QED) is 0.894. The van der Waals surface area contributed by atoms with Crippen molar-refractivity contribution in [2.24, 2.45) is 0 Å². The van der Waals surface area contributed by atoms with E-state index < -0.39 is 0 Å². The number of hydrogen-bond acceptors (Lipinski definition) is 3. The molecule has 0 saturated heterocycles. The Morgan fingerprint density at radius 3 is 2.68 bits per heavy atom. The average Bonchev–Trinajstić information content (AvgIpc) is 2.71. The molecule has 1 aromatic carbocycles. The van der Waals surface area contributed by atoms with Crippen molar-refractivity contribution >= 4 is 27.3 Å². The van der Waals surface area contributed by atoms with Crippen LogP contribution in [-0.4, -0.2) is 14.2 Å². The number of ether oxygens (including phenoxy) is 1. The van der Waals surface area contributed by atoms with Gasteiger partial charge in [-0.05, 0) is 48.1 Å². The minimum atomic E-state index is -0.267. The van der Waals surface area contributed by atoms with E-state index >= 15 is 0 Å². The predicted octanol–water partition coefficient (Wildman–Crippen LogP) is 4.28. The minimum Gasteiger partial charge on any atom is -0.496 e. The number of thiophene rings is 1. The van der Waals surface area contributed by atoms with Crippen molar-refractivity contribution in [2.75, 3.05) is 14.2 Å². The van der Waals surface area contributed by atoms with Gasteiger partial charge in [0, 0.05) is 14.2 Å². The maximum atomic E-state index is 14.2. The highest BCUT2D eigenvalue weighted by Crippen LogP contribution is 2.39. The smallest absolute Gasteiger partial charge is 0.132 e. The molecule has 0 spiro atoms. The number of hydrogen-bond donors (Lipinski definition) is 1. The third kappa shape index (κ3) is 2.83. The standard InChI is InChI=1S/C14H15BrFNOS/c1-8-7-9(15)14(19-8)13(17-2)12-10(16)5-4-6-11(12)18-3/h4-7,13,17H,1-3H3. The summed E-state index contributed by atoms with van der Waals surface area (Å²) < 4.78 is 20.4. The Balaban J connectivity index is 2.57. The molecule has 1 atom stereocenters. The van der Waals surface area contributed by atoms with Crippen molar-refractivity contribution in [1.29, 1.82) is 0 Å². The van der Waals surface area contributed by atoms with Gasteiger partial charge in [-0.2, -0.15) is 0 Å². The van der Waals surface area contributed by atoms with E-state index in [-0.39, 0.29) is 11.9 Å². The summed E-state index contributed by atoms with van der Waals surface area (Å²) >= 11 is 5.17. The van der Waals surface area contributed by atoms with Crippen molar-refractivity contribution in [2.45, 2.75) is 13.0 Å². The lowest BCUT2D eigenvalue weighted by molar-refractivity contribution is 0.399. The van der Waals surface area contributed by atoms with Crippen molar-refractivity contribution in [3.63, 3.8) is 0 Å². The molecule has 0 aliphatic carbocycles. The van der Waals surface area contributed by atoms with E-state index in [1.165, 1.54) is 10.9 Å². The first-order valence-electron chi connectivity index (χ1n) is 5.84. The van der Waals surface area contributed by atoms with Crippen LogP contribution in [0.25, 0.3) is 0 Å². The maximum absolute atomic E-state index is 14.2. The molecule has 0 fully saturated rings. The van der Waals surface area contributed by atoms with Gasteiger partial charge in [0.05, 0.1) is 18.7 Å². The van der Waals surface area contributed by atoms with E-state index in [0.717, 1.165) is 9.35 Å². The molecule has 2 nitrogen and oxygen atoms in total. The van der Waals surface area contributed by atoms with E-state index in [0.29, 0.717) is 11.3 Å². The third-order valence-corrected chi connectivity index (χ3v) is 4.94. The molecule has 5 heteroatoms. The van der Waals surface area contributed by atoms with Gasteiger partial charge in [-0.15, -0.1) is 11.3 Å². The fourth-order valence-electron chi connectivity index (χ4n) is 2.08. The molecule has 0 saturated carbocycles. The highest BCUT2D eigenvalue weighted by Gasteiger charge is 2.24. The molecule has 0 aliphatic rings. The summed E-state index contributed by atoms with van der Waals surface area (Å²) in [6.07, 6.45) is 0. The van der Waals surface area contributed by atoms with E-state index in [1.807, 2.05) is 20.0 Å². The summed E-state index contributed by atoms with van der Waals surface area (Å²) in [7, 11) is 3.37. The van der Waals surface area contributed by atoms with Crippen LogP contribution in [0.3, 0.4) is 0 Å². The fourth-order valence-corrected chi connectivity index (χ4v) is 4.08. The number of rotatable bonds is 4. The molecular formula is C14H15BrFNOS. The molecular weight excluding hydrogens is 329 g/mol. The van der Waals surface area contributed by atoms with Gasteiger partial charge in [0.2, 0.25) is 0 Å². The molecule has 1 unspecified atom stereocenters. The highest BCUT2D eigenvalue weighted by atomic mass is 79.9. The molecule has 19 heavy (non-hydrogen) atoms. The molecule has 2 aromatic rings. The van der Waals surface area contributed by atoms with Gasteiger partial charge in [0.25, 0.3) is 0 Å². The van der Waals surface area contributed by atoms with Crippen molar-refractivity contribution in [1.82, 2.24) is 5.32 Å². The molecule has 1 N–H and O–H groups in total.